The molecule has 3 heterocycles. The first kappa shape index (κ1) is 14.9. The van der Waals surface area contributed by atoms with E-state index in [1.54, 1.807) is 0 Å². The van der Waals surface area contributed by atoms with Crippen molar-refractivity contribution in [3.05, 3.63) is 11.1 Å². The molecule has 2 saturated heterocycles. The molecule has 1 N–H and O–H groups in total. The Morgan fingerprint density at radius 2 is 2.29 bits per heavy atom. The smallest absolute Gasteiger partial charge is 0.255 e. The number of carbonyl (C=O) groups is 1. The Bertz CT molecular complexity index is 477. The highest BCUT2D eigenvalue weighted by atomic mass is 32.1. The Morgan fingerprint density at radius 3 is 3.00 bits per heavy atom. The second kappa shape index (κ2) is 6.85. The van der Waals surface area contributed by atoms with Crippen molar-refractivity contribution in [2.24, 2.45) is 5.92 Å². The van der Waals surface area contributed by atoms with Gasteiger partial charge in [0.15, 0.2) is 5.13 Å². The zero-order chi connectivity index (χ0) is 14.7. The summed E-state index contributed by atoms with van der Waals surface area (Å²) < 4.78 is 5.38. The average molecular weight is 309 g/mol. The summed E-state index contributed by atoms with van der Waals surface area (Å²) in [5.41, 5.74) is 1.05. The van der Waals surface area contributed by atoms with Crippen LogP contribution in [0.4, 0.5) is 5.13 Å². The lowest BCUT2D eigenvalue weighted by Gasteiger charge is -2.29. The summed E-state index contributed by atoms with van der Waals surface area (Å²) in [5, 5.41) is 5.61. The number of ether oxygens (including phenoxy) is 1. The van der Waals surface area contributed by atoms with Crippen LogP contribution in [0, 0.1) is 5.92 Å². The number of nitrogens with zero attached hydrogens (tertiary/aromatic N) is 2. The first-order chi connectivity index (χ1) is 10.2. The number of nitrogens with one attached hydrogen (secondary N) is 1. The van der Waals surface area contributed by atoms with E-state index >= 15 is 0 Å². The molecule has 0 spiro atoms. The van der Waals surface area contributed by atoms with Gasteiger partial charge in [0.1, 0.15) is 6.10 Å². The van der Waals surface area contributed by atoms with Crippen molar-refractivity contribution in [3.8, 4) is 0 Å². The molecular weight excluding hydrogens is 286 g/mol. The molecular formula is C15H23N3O2S. The van der Waals surface area contributed by atoms with Gasteiger partial charge in [-0.05, 0) is 44.7 Å². The number of amides is 1. The van der Waals surface area contributed by atoms with Gasteiger partial charge in [-0.15, -0.1) is 11.3 Å². The van der Waals surface area contributed by atoms with Crippen LogP contribution in [0.2, 0.25) is 0 Å². The number of rotatable bonds is 4. The molecule has 1 atom stereocenters. The molecule has 0 aliphatic carbocycles. The summed E-state index contributed by atoms with van der Waals surface area (Å²) in [5.74, 6) is 0.790. The normalized spacial score (nSPS) is 24.3. The maximum Gasteiger partial charge on any atom is 0.255 e. The van der Waals surface area contributed by atoms with Crippen molar-refractivity contribution in [1.82, 2.24) is 9.88 Å². The Hall–Kier alpha value is -0.980. The minimum absolute atomic E-state index is 0.0554. The van der Waals surface area contributed by atoms with Crippen molar-refractivity contribution in [1.29, 1.82) is 0 Å². The standard InChI is InChI=1S/C15H23N3O2S/c1-11-4-6-18(7-5-11)9-12-10-21-15(16-12)17-14(19)13-3-2-8-20-13/h10-11,13H,2-9H2,1H3,(H,16,17,19). The SMILES string of the molecule is CC1CCN(Cc2csc(NC(=O)C3CCCO3)n2)CC1. The van der Waals surface area contributed by atoms with Gasteiger partial charge in [0.25, 0.3) is 5.91 Å². The molecule has 1 amide bonds. The molecule has 5 nitrogen and oxygen atoms in total. The molecule has 21 heavy (non-hydrogen) atoms. The molecule has 3 rings (SSSR count). The molecule has 6 heteroatoms. The van der Waals surface area contributed by atoms with Gasteiger partial charge in [-0.3, -0.25) is 15.0 Å². The van der Waals surface area contributed by atoms with Gasteiger partial charge in [0.05, 0.1) is 5.69 Å². The van der Waals surface area contributed by atoms with E-state index in [0.29, 0.717) is 11.7 Å². The number of anilines is 1. The molecule has 2 aliphatic heterocycles. The number of hydrogen-bond acceptors (Lipinski definition) is 5. The summed E-state index contributed by atoms with van der Waals surface area (Å²) in [6, 6.07) is 0. The monoisotopic (exact) mass is 309 g/mol. The van der Waals surface area contributed by atoms with Crippen LogP contribution in [0.1, 0.15) is 38.3 Å². The van der Waals surface area contributed by atoms with Gasteiger partial charge in [0, 0.05) is 18.5 Å². The van der Waals surface area contributed by atoms with Gasteiger partial charge in [-0.2, -0.15) is 0 Å². The Morgan fingerprint density at radius 1 is 1.48 bits per heavy atom. The molecule has 116 valence electrons. The highest BCUT2D eigenvalue weighted by molar-refractivity contribution is 7.13. The Labute approximate surface area is 129 Å². The predicted molar refractivity (Wildman–Crippen MR) is 83.4 cm³/mol. The molecule has 0 bridgehead atoms. The topological polar surface area (TPSA) is 54.5 Å². The lowest BCUT2D eigenvalue weighted by Crippen LogP contribution is -2.32. The van der Waals surface area contributed by atoms with Crippen LogP contribution in [0.25, 0.3) is 0 Å². The summed E-state index contributed by atoms with van der Waals surface area (Å²) in [6.07, 6.45) is 4.03. The molecule has 0 radical (unpaired) electrons. The van der Waals surface area contributed by atoms with E-state index in [0.717, 1.165) is 44.1 Å². The Kier molecular flexibility index (Phi) is 4.87. The van der Waals surface area contributed by atoms with E-state index in [1.165, 1.54) is 24.2 Å². The minimum Gasteiger partial charge on any atom is -0.368 e. The van der Waals surface area contributed by atoms with Crippen LogP contribution in [-0.4, -0.2) is 41.6 Å². The van der Waals surface area contributed by atoms with E-state index in [2.05, 4.69) is 22.1 Å². The fraction of sp³-hybridized carbons (Fsp3) is 0.733. The third kappa shape index (κ3) is 4.02. The average Bonchev–Trinajstić information content (AvgIpc) is 3.13. The maximum absolute atomic E-state index is 12.0. The maximum atomic E-state index is 12.0. The zero-order valence-electron chi connectivity index (χ0n) is 12.5. The summed E-state index contributed by atoms with van der Waals surface area (Å²) >= 11 is 1.50. The van der Waals surface area contributed by atoms with Gasteiger partial charge in [0.2, 0.25) is 0 Å². The van der Waals surface area contributed by atoms with Crippen LogP contribution >= 0.6 is 11.3 Å². The van der Waals surface area contributed by atoms with Crippen LogP contribution in [0.3, 0.4) is 0 Å². The predicted octanol–water partition coefficient (Wildman–Crippen LogP) is 2.49. The highest BCUT2D eigenvalue weighted by Crippen LogP contribution is 2.22. The molecule has 2 fully saturated rings. The molecule has 2 aliphatic rings. The second-order valence-corrected chi connectivity index (χ2v) is 6.95. The third-order valence-corrected chi connectivity index (χ3v) is 5.07. The molecule has 0 aromatic carbocycles. The van der Waals surface area contributed by atoms with Crippen molar-refractivity contribution in [3.63, 3.8) is 0 Å². The van der Waals surface area contributed by atoms with Gasteiger partial charge in [-0.1, -0.05) is 6.92 Å². The fourth-order valence-electron chi connectivity index (χ4n) is 2.86. The quantitative estimate of drug-likeness (QED) is 0.928. The van der Waals surface area contributed by atoms with Crippen LogP contribution in [0.15, 0.2) is 5.38 Å². The van der Waals surface area contributed by atoms with Gasteiger partial charge in [-0.25, -0.2) is 4.98 Å². The summed E-state index contributed by atoms with van der Waals surface area (Å²) in [6.45, 7) is 6.19. The second-order valence-electron chi connectivity index (χ2n) is 6.09. The van der Waals surface area contributed by atoms with Crippen molar-refractivity contribution >= 4 is 22.4 Å². The summed E-state index contributed by atoms with van der Waals surface area (Å²) in [4.78, 5) is 18.9. The van der Waals surface area contributed by atoms with Gasteiger partial charge < -0.3 is 4.74 Å². The van der Waals surface area contributed by atoms with E-state index in [-0.39, 0.29) is 12.0 Å². The van der Waals surface area contributed by atoms with Gasteiger partial charge >= 0.3 is 0 Å². The first-order valence-corrected chi connectivity index (χ1v) is 8.68. The number of piperidine rings is 1. The number of thiazole rings is 1. The van der Waals surface area contributed by atoms with Crippen LogP contribution < -0.4 is 5.32 Å². The number of aromatic nitrogens is 1. The Balaban J connectivity index is 1.50. The number of hydrogen-bond donors (Lipinski definition) is 1. The minimum atomic E-state index is -0.291. The lowest BCUT2D eigenvalue weighted by molar-refractivity contribution is -0.124. The molecule has 1 aromatic rings. The largest absolute Gasteiger partial charge is 0.368 e. The van der Waals surface area contributed by atoms with E-state index < -0.39 is 0 Å². The zero-order valence-corrected chi connectivity index (χ0v) is 13.3. The fourth-order valence-corrected chi connectivity index (χ4v) is 3.56. The van der Waals surface area contributed by atoms with E-state index in [9.17, 15) is 4.79 Å². The van der Waals surface area contributed by atoms with Crippen molar-refractivity contribution < 1.29 is 9.53 Å². The molecule has 1 unspecified atom stereocenters. The van der Waals surface area contributed by atoms with Crippen molar-refractivity contribution in [2.45, 2.75) is 45.3 Å². The van der Waals surface area contributed by atoms with E-state index in [4.69, 9.17) is 4.74 Å². The lowest BCUT2D eigenvalue weighted by atomic mass is 9.99. The van der Waals surface area contributed by atoms with Crippen LogP contribution in [0.5, 0.6) is 0 Å². The van der Waals surface area contributed by atoms with Crippen LogP contribution in [-0.2, 0) is 16.1 Å². The number of likely N-dealkylation sites (tertiary alicyclic amines) is 1. The highest BCUT2D eigenvalue weighted by Gasteiger charge is 2.24. The number of carbonyl (C=O) groups excluding carboxylic acids is 1. The van der Waals surface area contributed by atoms with E-state index in [1.807, 2.05) is 5.38 Å². The summed E-state index contributed by atoms with van der Waals surface area (Å²) in [7, 11) is 0. The first-order valence-electron chi connectivity index (χ1n) is 7.80. The molecule has 1 aromatic heterocycles. The third-order valence-electron chi connectivity index (χ3n) is 4.27. The molecule has 0 saturated carbocycles. The van der Waals surface area contributed by atoms with Crippen molar-refractivity contribution in [2.75, 3.05) is 25.0 Å².